The maximum atomic E-state index is 13.5. The number of aryl methyl sites for hydroxylation is 1. The fourth-order valence-electron chi connectivity index (χ4n) is 2.41. The molecule has 1 aromatic carbocycles. The molecule has 1 nitrogen and oxygen atoms in total. The fraction of sp³-hybridized carbons (Fsp3) is 0.600. The molecule has 2 N–H and O–H groups in total. The van der Waals surface area contributed by atoms with Gasteiger partial charge in [-0.15, -0.1) is 0 Å². The van der Waals surface area contributed by atoms with E-state index in [9.17, 15) is 4.39 Å². The summed E-state index contributed by atoms with van der Waals surface area (Å²) < 4.78 is 13.5. The predicted molar refractivity (Wildman–Crippen MR) is 77.4 cm³/mol. The highest BCUT2D eigenvalue weighted by Gasteiger charge is 2.16. The van der Waals surface area contributed by atoms with Gasteiger partial charge >= 0.3 is 0 Å². The lowest BCUT2D eigenvalue weighted by molar-refractivity contribution is 0.515. The summed E-state index contributed by atoms with van der Waals surface area (Å²) in [7, 11) is 0. The number of hydrogen-bond acceptors (Lipinski definition) is 2. The van der Waals surface area contributed by atoms with E-state index in [1.165, 1.54) is 32.1 Å². The maximum absolute atomic E-state index is 13.5. The van der Waals surface area contributed by atoms with Crippen LogP contribution in [-0.4, -0.2) is 11.0 Å². The summed E-state index contributed by atoms with van der Waals surface area (Å²) in [5.41, 5.74) is 7.75. The predicted octanol–water partition coefficient (Wildman–Crippen LogP) is 4.20. The number of halogens is 1. The van der Waals surface area contributed by atoms with Crippen LogP contribution < -0.4 is 5.73 Å². The Labute approximate surface area is 113 Å². The molecule has 1 fully saturated rings. The fourth-order valence-corrected chi connectivity index (χ4v) is 3.75. The molecule has 1 aliphatic carbocycles. The number of benzene rings is 1. The topological polar surface area (TPSA) is 26.0 Å². The van der Waals surface area contributed by atoms with E-state index in [0.29, 0.717) is 5.56 Å². The van der Waals surface area contributed by atoms with E-state index in [2.05, 4.69) is 0 Å². The van der Waals surface area contributed by atoms with Crippen LogP contribution in [0.15, 0.2) is 18.2 Å². The van der Waals surface area contributed by atoms with Gasteiger partial charge in [0.2, 0.25) is 0 Å². The van der Waals surface area contributed by atoms with Crippen LogP contribution in [0, 0.1) is 12.7 Å². The zero-order valence-corrected chi connectivity index (χ0v) is 11.8. The molecule has 3 heteroatoms. The van der Waals surface area contributed by atoms with Gasteiger partial charge in [0.1, 0.15) is 5.82 Å². The molecule has 18 heavy (non-hydrogen) atoms. The molecule has 1 aliphatic rings. The first-order valence-corrected chi connectivity index (χ1v) is 7.85. The van der Waals surface area contributed by atoms with E-state index in [1.54, 1.807) is 13.0 Å². The summed E-state index contributed by atoms with van der Waals surface area (Å²) in [6.45, 7) is 1.78. The molecule has 0 spiro atoms. The number of thioether (sulfide) groups is 1. The maximum Gasteiger partial charge on any atom is 0.126 e. The van der Waals surface area contributed by atoms with Crippen molar-refractivity contribution >= 4 is 11.8 Å². The van der Waals surface area contributed by atoms with E-state index in [0.717, 1.165) is 16.6 Å². The van der Waals surface area contributed by atoms with Crippen molar-refractivity contribution < 1.29 is 4.39 Å². The van der Waals surface area contributed by atoms with Gasteiger partial charge in [-0.3, -0.25) is 0 Å². The zero-order chi connectivity index (χ0) is 13.0. The quantitative estimate of drug-likeness (QED) is 0.884. The molecule has 0 saturated heterocycles. The van der Waals surface area contributed by atoms with Crippen molar-refractivity contribution in [1.82, 2.24) is 0 Å². The van der Waals surface area contributed by atoms with Crippen molar-refractivity contribution in [2.24, 2.45) is 5.73 Å². The molecule has 1 atom stereocenters. The average molecular weight is 267 g/mol. The van der Waals surface area contributed by atoms with Gasteiger partial charge in [0.25, 0.3) is 0 Å². The van der Waals surface area contributed by atoms with E-state index in [-0.39, 0.29) is 11.9 Å². The van der Waals surface area contributed by atoms with Crippen LogP contribution in [0.4, 0.5) is 4.39 Å². The summed E-state index contributed by atoms with van der Waals surface area (Å²) in [6, 6.07) is 5.30. The van der Waals surface area contributed by atoms with Gasteiger partial charge in [0.15, 0.2) is 0 Å². The normalized spacial score (nSPS) is 18.8. The Bertz CT molecular complexity index is 388. The van der Waals surface area contributed by atoms with Crippen molar-refractivity contribution in [3.05, 3.63) is 35.1 Å². The molecule has 0 bridgehead atoms. The van der Waals surface area contributed by atoms with Crippen LogP contribution in [0.1, 0.15) is 49.3 Å². The second-order valence-corrected chi connectivity index (χ2v) is 6.54. The van der Waals surface area contributed by atoms with Crippen molar-refractivity contribution in [2.75, 3.05) is 5.75 Å². The Balaban J connectivity index is 1.86. The largest absolute Gasteiger partial charge is 0.323 e. The minimum atomic E-state index is -0.148. The minimum absolute atomic E-state index is 0.0490. The summed E-state index contributed by atoms with van der Waals surface area (Å²) in [4.78, 5) is 0. The van der Waals surface area contributed by atoms with Crippen LogP contribution in [0.25, 0.3) is 0 Å². The first-order chi connectivity index (χ1) is 8.66. The highest BCUT2D eigenvalue weighted by Crippen LogP contribution is 2.30. The second kappa shape index (κ2) is 6.58. The molecule has 0 aromatic heterocycles. The Morgan fingerprint density at radius 2 is 2.06 bits per heavy atom. The molecule has 1 aromatic rings. The molecular formula is C15H22FNS. The monoisotopic (exact) mass is 267 g/mol. The third kappa shape index (κ3) is 3.72. The van der Waals surface area contributed by atoms with Crippen molar-refractivity contribution in [3.8, 4) is 0 Å². The Kier molecular flexibility index (Phi) is 5.07. The Morgan fingerprint density at radius 3 is 2.72 bits per heavy atom. The van der Waals surface area contributed by atoms with Gasteiger partial charge in [0, 0.05) is 17.0 Å². The van der Waals surface area contributed by atoms with E-state index in [1.807, 2.05) is 23.9 Å². The lowest BCUT2D eigenvalue weighted by atomic mass is 10.0. The summed E-state index contributed by atoms with van der Waals surface area (Å²) in [6.07, 6.45) is 6.73. The van der Waals surface area contributed by atoms with Gasteiger partial charge in [0.05, 0.1) is 0 Å². The smallest absolute Gasteiger partial charge is 0.126 e. The second-order valence-electron chi connectivity index (χ2n) is 5.21. The molecule has 0 radical (unpaired) electrons. The minimum Gasteiger partial charge on any atom is -0.323 e. The number of nitrogens with two attached hydrogens (primary N) is 1. The first kappa shape index (κ1) is 13.9. The van der Waals surface area contributed by atoms with E-state index >= 15 is 0 Å². The third-order valence-electron chi connectivity index (χ3n) is 3.69. The standard InChI is InChI=1S/C15H22FNS/c1-11-7-8-12(9-14(11)16)15(17)10-18-13-5-3-2-4-6-13/h7-9,13,15H,2-6,10,17H2,1H3. The zero-order valence-electron chi connectivity index (χ0n) is 11.0. The molecule has 0 aliphatic heterocycles. The summed E-state index contributed by atoms with van der Waals surface area (Å²) in [5, 5.41) is 0.764. The summed E-state index contributed by atoms with van der Waals surface area (Å²) in [5.74, 6) is 0.748. The van der Waals surface area contributed by atoms with Gasteiger partial charge in [-0.05, 0) is 37.0 Å². The van der Waals surface area contributed by atoms with Crippen molar-refractivity contribution in [3.63, 3.8) is 0 Å². The van der Waals surface area contributed by atoms with Crippen LogP contribution >= 0.6 is 11.8 Å². The van der Waals surface area contributed by atoms with Crippen LogP contribution in [0.3, 0.4) is 0 Å². The van der Waals surface area contributed by atoms with E-state index in [4.69, 9.17) is 5.73 Å². The molecule has 1 unspecified atom stereocenters. The first-order valence-electron chi connectivity index (χ1n) is 6.80. The molecule has 0 amide bonds. The molecule has 2 rings (SSSR count). The number of rotatable bonds is 4. The highest BCUT2D eigenvalue weighted by molar-refractivity contribution is 7.99. The Hall–Kier alpha value is -0.540. The van der Waals surface area contributed by atoms with Gasteiger partial charge in [-0.25, -0.2) is 4.39 Å². The van der Waals surface area contributed by atoms with Gasteiger partial charge in [-0.2, -0.15) is 11.8 Å². The molecule has 0 heterocycles. The van der Waals surface area contributed by atoms with Gasteiger partial charge < -0.3 is 5.73 Å². The highest BCUT2D eigenvalue weighted by atomic mass is 32.2. The van der Waals surface area contributed by atoms with E-state index < -0.39 is 0 Å². The molecular weight excluding hydrogens is 245 g/mol. The average Bonchev–Trinajstić information content (AvgIpc) is 2.40. The van der Waals surface area contributed by atoms with Crippen LogP contribution in [0.2, 0.25) is 0 Å². The lowest BCUT2D eigenvalue weighted by Crippen LogP contribution is -2.17. The Morgan fingerprint density at radius 1 is 1.33 bits per heavy atom. The van der Waals surface area contributed by atoms with Crippen LogP contribution in [-0.2, 0) is 0 Å². The number of hydrogen-bond donors (Lipinski definition) is 1. The lowest BCUT2D eigenvalue weighted by Gasteiger charge is -2.22. The van der Waals surface area contributed by atoms with Crippen molar-refractivity contribution in [2.45, 2.75) is 50.3 Å². The van der Waals surface area contributed by atoms with Crippen LogP contribution in [0.5, 0.6) is 0 Å². The molecule has 1 saturated carbocycles. The third-order valence-corrected chi connectivity index (χ3v) is 5.18. The molecule has 100 valence electrons. The van der Waals surface area contributed by atoms with Gasteiger partial charge in [-0.1, -0.05) is 31.4 Å². The SMILES string of the molecule is Cc1ccc(C(N)CSC2CCCCC2)cc1F. The summed E-state index contributed by atoms with van der Waals surface area (Å²) >= 11 is 1.96. The van der Waals surface area contributed by atoms with Crippen molar-refractivity contribution in [1.29, 1.82) is 0 Å².